The number of hydrogen-bond donors (Lipinski definition) is 0. The maximum Gasteiger partial charge on any atom is 0.123 e. The van der Waals surface area contributed by atoms with Crippen molar-refractivity contribution in [2.45, 2.75) is 44.1 Å². The Morgan fingerprint density at radius 1 is 1.05 bits per heavy atom. The molecule has 5 heteroatoms. The number of likely N-dealkylation sites (tertiary alicyclic amines) is 1. The maximum atomic E-state index is 13.2. The summed E-state index contributed by atoms with van der Waals surface area (Å²) in [5.41, 5.74) is 1.06. The van der Waals surface area contributed by atoms with Gasteiger partial charge in [0.05, 0.1) is 0 Å². The highest BCUT2D eigenvalue weighted by Gasteiger charge is 2.30. The number of halogens is 1. The quantitative estimate of drug-likeness (QED) is 0.855. The molecule has 1 saturated carbocycles. The molecule has 2 aliphatic rings. The van der Waals surface area contributed by atoms with Gasteiger partial charge in [-0.25, -0.2) is 4.39 Å². The lowest BCUT2D eigenvalue weighted by Crippen LogP contribution is -2.32. The fourth-order valence-electron chi connectivity index (χ4n) is 3.14. The monoisotopic (exact) mass is 317 g/mol. The number of hydrogen-bond acceptors (Lipinski definition) is 4. The summed E-state index contributed by atoms with van der Waals surface area (Å²) in [4.78, 5) is 2.41. The number of benzene rings is 1. The predicted octanol–water partition coefficient (Wildman–Crippen LogP) is 3.93. The van der Waals surface area contributed by atoms with Crippen molar-refractivity contribution in [3.05, 3.63) is 45.7 Å². The molecular formula is C17H20FN3S. The van der Waals surface area contributed by atoms with E-state index in [-0.39, 0.29) is 5.82 Å². The summed E-state index contributed by atoms with van der Waals surface area (Å²) in [5, 5.41) is 11.3. The second-order valence-electron chi connectivity index (χ2n) is 6.43. The van der Waals surface area contributed by atoms with E-state index in [0.717, 1.165) is 38.0 Å². The van der Waals surface area contributed by atoms with Crippen LogP contribution in [0.4, 0.5) is 4.39 Å². The molecule has 2 heterocycles. The van der Waals surface area contributed by atoms with Gasteiger partial charge in [-0.05, 0) is 56.5 Å². The molecule has 4 rings (SSSR count). The highest BCUT2D eigenvalue weighted by atomic mass is 32.1. The average Bonchev–Trinajstić information content (AvgIpc) is 3.26. The molecule has 1 aromatic carbocycles. The molecule has 1 aromatic heterocycles. The SMILES string of the molecule is Fc1cccc(CN2CCC(c3nnc(C4CC4)s3)CC2)c1. The summed E-state index contributed by atoms with van der Waals surface area (Å²) in [6, 6.07) is 6.93. The van der Waals surface area contributed by atoms with Crippen molar-refractivity contribution in [1.29, 1.82) is 0 Å². The summed E-state index contributed by atoms with van der Waals surface area (Å²) in [6.07, 6.45) is 4.85. The van der Waals surface area contributed by atoms with Gasteiger partial charge < -0.3 is 0 Å². The van der Waals surface area contributed by atoms with Crippen molar-refractivity contribution >= 4 is 11.3 Å². The van der Waals surface area contributed by atoms with Crippen LogP contribution in [0.3, 0.4) is 0 Å². The van der Waals surface area contributed by atoms with Crippen LogP contribution in [0.5, 0.6) is 0 Å². The van der Waals surface area contributed by atoms with Crippen LogP contribution >= 0.6 is 11.3 Å². The zero-order chi connectivity index (χ0) is 14.9. The molecule has 1 aliphatic carbocycles. The zero-order valence-corrected chi connectivity index (χ0v) is 13.4. The second-order valence-corrected chi connectivity index (χ2v) is 7.47. The van der Waals surface area contributed by atoms with Gasteiger partial charge in [0.2, 0.25) is 0 Å². The van der Waals surface area contributed by atoms with Gasteiger partial charge in [-0.1, -0.05) is 12.1 Å². The van der Waals surface area contributed by atoms with Crippen LogP contribution in [0.15, 0.2) is 24.3 Å². The highest BCUT2D eigenvalue weighted by Crippen LogP contribution is 2.43. The molecule has 0 N–H and O–H groups in total. The maximum absolute atomic E-state index is 13.2. The summed E-state index contributed by atoms with van der Waals surface area (Å²) in [5.74, 6) is 1.13. The summed E-state index contributed by atoms with van der Waals surface area (Å²) in [6.45, 7) is 2.95. The first kappa shape index (κ1) is 14.3. The van der Waals surface area contributed by atoms with E-state index in [1.54, 1.807) is 12.1 Å². The topological polar surface area (TPSA) is 29.0 Å². The first-order valence-electron chi connectivity index (χ1n) is 8.08. The van der Waals surface area contributed by atoms with Gasteiger partial charge in [-0.3, -0.25) is 4.90 Å². The lowest BCUT2D eigenvalue weighted by atomic mass is 9.97. The molecular weight excluding hydrogens is 297 g/mol. The Morgan fingerprint density at radius 2 is 1.73 bits per heavy atom. The third-order valence-corrected chi connectivity index (χ3v) is 5.86. The number of piperidine rings is 1. The van der Waals surface area contributed by atoms with Crippen LogP contribution in [0.25, 0.3) is 0 Å². The number of rotatable bonds is 4. The van der Waals surface area contributed by atoms with Crippen molar-refractivity contribution in [2.75, 3.05) is 13.1 Å². The van der Waals surface area contributed by atoms with Crippen LogP contribution in [-0.4, -0.2) is 28.2 Å². The molecule has 22 heavy (non-hydrogen) atoms. The van der Waals surface area contributed by atoms with Gasteiger partial charge in [0, 0.05) is 18.4 Å². The Hall–Kier alpha value is -1.33. The standard InChI is InChI=1S/C17H20FN3S/c18-15-3-1-2-12(10-15)11-21-8-6-14(7-9-21)17-20-19-16(22-17)13-4-5-13/h1-3,10,13-14H,4-9,11H2. The molecule has 1 aliphatic heterocycles. The lowest BCUT2D eigenvalue weighted by molar-refractivity contribution is 0.204. The molecule has 0 spiro atoms. The van der Waals surface area contributed by atoms with Crippen molar-refractivity contribution in [2.24, 2.45) is 0 Å². The molecule has 0 atom stereocenters. The van der Waals surface area contributed by atoms with E-state index in [1.807, 2.05) is 17.4 Å². The van der Waals surface area contributed by atoms with E-state index in [1.165, 1.54) is 28.9 Å². The van der Waals surface area contributed by atoms with E-state index in [2.05, 4.69) is 15.1 Å². The summed E-state index contributed by atoms with van der Waals surface area (Å²) in [7, 11) is 0. The van der Waals surface area contributed by atoms with Gasteiger partial charge in [-0.2, -0.15) is 0 Å². The molecule has 0 bridgehead atoms. The lowest BCUT2D eigenvalue weighted by Gasteiger charge is -2.30. The third-order valence-electron chi connectivity index (χ3n) is 4.61. The van der Waals surface area contributed by atoms with Gasteiger partial charge in [0.1, 0.15) is 15.8 Å². The minimum absolute atomic E-state index is 0.145. The largest absolute Gasteiger partial charge is 0.299 e. The van der Waals surface area contributed by atoms with E-state index < -0.39 is 0 Å². The number of aromatic nitrogens is 2. The van der Waals surface area contributed by atoms with E-state index in [0.29, 0.717) is 11.8 Å². The van der Waals surface area contributed by atoms with Crippen LogP contribution in [0.1, 0.15) is 53.1 Å². The third kappa shape index (κ3) is 3.20. The minimum Gasteiger partial charge on any atom is -0.299 e. The van der Waals surface area contributed by atoms with Gasteiger partial charge in [0.25, 0.3) is 0 Å². The Kier molecular flexibility index (Phi) is 3.92. The van der Waals surface area contributed by atoms with Gasteiger partial charge in [-0.15, -0.1) is 21.5 Å². The average molecular weight is 317 g/mol. The molecule has 0 unspecified atom stereocenters. The first-order valence-corrected chi connectivity index (χ1v) is 8.89. The smallest absolute Gasteiger partial charge is 0.123 e. The number of nitrogens with zero attached hydrogens (tertiary/aromatic N) is 3. The van der Waals surface area contributed by atoms with E-state index >= 15 is 0 Å². The van der Waals surface area contributed by atoms with Crippen LogP contribution < -0.4 is 0 Å². The Labute approximate surface area is 134 Å². The molecule has 2 aromatic rings. The Morgan fingerprint density at radius 3 is 2.36 bits per heavy atom. The van der Waals surface area contributed by atoms with E-state index in [9.17, 15) is 4.39 Å². The Balaban J connectivity index is 1.33. The molecule has 116 valence electrons. The summed E-state index contributed by atoms with van der Waals surface area (Å²) >= 11 is 1.83. The van der Waals surface area contributed by atoms with E-state index in [4.69, 9.17) is 0 Å². The van der Waals surface area contributed by atoms with Crippen LogP contribution in [0, 0.1) is 5.82 Å². The molecule has 1 saturated heterocycles. The van der Waals surface area contributed by atoms with Crippen molar-refractivity contribution < 1.29 is 4.39 Å². The Bertz CT molecular complexity index is 645. The molecule has 3 nitrogen and oxygen atoms in total. The summed E-state index contributed by atoms with van der Waals surface area (Å²) < 4.78 is 13.2. The van der Waals surface area contributed by atoms with Crippen molar-refractivity contribution in [3.8, 4) is 0 Å². The highest BCUT2D eigenvalue weighted by molar-refractivity contribution is 7.11. The van der Waals surface area contributed by atoms with Crippen molar-refractivity contribution in [3.63, 3.8) is 0 Å². The second kappa shape index (κ2) is 6.05. The van der Waals surface area contributed by atoms with Gasteiger partial charge >= 0.3 is 0 Å². The van der Waals surface area contributed by atoms with Gasteiger partial charge in [0.15, 0.2) is 0 Å². The fourth-order valence-corrected chi connectivity index (χ4v) is 4.32. The normalized spacial score (nSPS) is 20.4. The zero-order valence-electron chi connectivity index (χ0n) is 12.5. The fraction of sp³-hybridized carbons (Fsp3) is 0.529. The van der Waals surface area contributed by atoms with Crippen LogP contribution in [0.2, 0.25) is 0 Å². The minimum atomic E-state index is -0.145. The van der Waals surface area contributed by atoms with Crippen molar-refractivity contribution in [1.82, 2.24) is 15.1 Å². The molecule has 0 radical (unpaired) electrons. The van der Waals surface area contributed by atoms with Crippen LogP contribution in [-0.2, 0) is 6.54 Å². The molecule has 2 fully saturated rings. The first-order chi connectivity index (χ1) is 10.8. The molecule has 0 amide bonds. The predicted molar refractivity (Wildman–Crippen MR) is 85.5 cm³/mol.